The molecule has 3 unspecified atom stereocenters. The van der Waals surface area contributed by atoms with Crippen LogP contribution in [-0.2, 0) is 14.3 Å². The summed E-state index contributed by atoms with van der Waals surface area (Å²) < 4.78 is 5.70. The van der Waals surface area contributed by atoms with Gasteiger partial charge in [0.2, 0.25) is 0 Å². The van der Waals surface area contributed by atoms with Crippen LogP contribution in [0, 0.1) is 0 Å². The number of nitrogens with zero attached hydrogens (tertiary/aromatic N) is 1. The number of allylic oxidation sites excluding steroid dienone is 2. The summed E-state index contributed by atoms with van der Waals surface area (Å²) in [4.78, 5) is 25.1. The number of hydrogen-bond acceptors (Lipinski definition) is 5. The van der Waals surface area contributed by atoms with E-state index in [1.54, 1.807) is 0 Å². The van der Waals surface area contributed by atoms with Crippen LogP contribution in [0.5, 0.6) is 0 Å². The first-order valence-electron chi connectivity index (χ1n) is 15.4. The fraction of sp³-hybridized carbons (Fsp3) is 0.697. The molecule has 1 aromatic carbocycles. The number of ether oxygens (including phenoxy) is 1. The number of carbonyl (C=O) groups excluding carboxylic acids is 1. The van der Waals surface area contributed by atoms with Crippen LogP contribution in [0.2, 0.25) is 0 Å². The summed E-state index contributed by atoms with van der Waals surface area (Å²) in [5, 5.41) is 18.0. The van der Waals surface area contributed by atoms with Crippen LogP contribution in [0.25, 0.3) is 0 Å². The zero-order valence-electron chi connectivity index (χ0n) is 24.4. The number of esters is 1. The maximum absolute atomic E-state index is 12.4. The number of aliphatic carboxylic acids is 1. The number of benzene rings is 1. The van der Waals surface area contributed by atoms with Crippen molar-refractivity contribution in [2.75, 3.05) is 13.7 Å². The minimum atomic E-state index is -0.666. The fourth-order valence-corrected chi connectivity index (χ4v) is 5.70. The number of carbonyl (C=O) groups is 2. The predicted molar refractivity (Wildman–Crippen MR) is 158 cm³/mol. The number of rotatable bonds is 17. The molecular weight excluding hydrogens is 490 g/mol. The summed E-state index contributed by atoms with van der Waals surface area (Å²) in [5.74, 6) is -1.53. The summed E-state index contributed by atoms with van der Waals surface area (Å²) in [6.07, 6.45) is 22.6. The number of fused-ring (bicyclic) bond motifs is 2. The standard InChI is InChI=1S/C17H23NO3.C16H30O2/c1-18-13-7-8-14(18)10-15(9-13)21-17(20)16(11-19)12-5-3-2-4-6-12;1-2-3-4-5-6-7-8-9-10-11-12-13-14-15-16(17)18/h2-6,13-16,19H,7-11H2,1H3;7-8H,2-6,9-15H2,1H3,(H,17,18)/b;8-7-. The first kappa shape index (κ1) is 33.0. The van der Waals surface area contributed by atoms with E-state index in [1.165, 1.54) is 70.6 Å². The van der Waals surface area contributed by atoms with Gasteiger partial charge in [-0.3, -0.25) is 9.59 Å². The Morgan fingerprint density at radius 1 is 0.923 bits per heavy atom. The molecule has 3 atom stereocenters. The van der Waals surface area contributed by atoms with Crippen molar-refractivity contribution >= 4 is 11.9 Å². The van der Waals surface area contributed by atoms with E-state index in [4.69, 9.17) is 9.84 Å². The Morgan fingerprint density at radius 3 is 2.05 bits per heavy atom. The highest BCUT2D eigenvalue weighted by Gasteiger charge is 2.40. The number of carboxylic acid groups (broad SMARTS) is 1. The maximum Gasteiger partial charge on any atom is 0.316 e. The molecule has 0 spiro atoms. The summed E-state index contributed by atoms with van der Waals surface area (Å²) in [5.41, 5.74) is 0.820. The average molecular weight is 544 g/mol. The second-order valence-electron chi connectivity index (χ2n) is 11.2. The lowest BCUT2D eigenvalue weighted by Gasteiger charge is -2.36. The van der Waals surface area contributed by atoms with E-state index in [2.05, 4.69) is 31.0 Å². The fourth-order valence-electron chi connectivity index (χ4n) is 5.70. The van der Waals surface area contributed by atoms with Gasteiger partial charge in [-0.25, -0.2) is 0 Å². The summed E-state index contributed by atoms with van der Waals surface area (Å²) in [7, 11) is 2.17. The molecule has 1 aromatic rings. The van der Waals surface area contributed by atoms with Crippen molar-refractivity contribution in [3.8, 4) is 0 Å². The van der Waals surface area contributed by atoms with Crippen LogP contribution < -0.4 is 0 Å². The van der Waals surface area contributed by atoms with Crippen molar-refractivity contribution < 1.29 is 24.5 Å². The second-order valence-corrected chi connectivity index (χ2v) is 11.2. The van der Waals surface area contributed by atoms with Gasteiger partial charge in [0.1, 0.15) is 12.0 Å². The monoisotopic (exact) mass is 543 g/mol. The Labute approximate surface area is 236 Å². The molecule has 2 fully saturated rings. The first-order chi connectivity index (χ1) is 19.0. The lowest BCUT2D eigenvalue weighted by Crippen LogP contribution is -2.43. The van der Waals surface area contributed by atoms with Crippen molar-refractivity contribution in [1.29, 1.82) is 0 Å². The normalized spacial score (nSPS) is 21.4. The van der Waals surface area contributed by atoms with E-state index in [0.717, 1.165) is 31.2 Å². The van der Waals surface area contributed by atoms with Crippen molar-refractivity contribution in [2.45, 2.75) is 134 Å². The van der Waals surface area contributed by atoms with Crippen molar-refractivity contribution in [3.63, 3.8) is 0 Å². The molecule has 0 amide bonds. The Morgan fingerprint density at radius 2 is 1.49 bits per heavy atom. The van der Waals surface area contributed by atoms with Crippen LogP contribution in [0.15, 0.2) is 42.5 Å². The summed E-state index contributed by atoms with van der Waals surface area (Å²) in [6.45, 7) is 2.04. The first-order valence-corrected chi connectivity index (χ1v) is 15.4. The molecule has 2 N–H and O–H groups in total. The number of unbranched alkanes of at least 4 members (excludes halogenated alkanes) is 9. The zero-order chi connectivity index (χ0) is 28.3. The molecule has 39 heavy (non-hydrogen) atoms. The van der Waals surface area contributed by atoms with Gasteiger partial charge in [-0.15, -0.1) is 0 Å². The van der Waals surface area contributed by atoms with Crippen molar-refractivity contribution in [2.24, 2.45) is 0 Å². The highest BCUT2D eigenvalue weighted by atomic mass is 16.5. The van der Waals surface area contributed by atoms with Gasteiger partial charge in [-0.05, 0) is 70.4 Å². The highest BCUT2D eigenvalue weighted by molar-refractivity contribution is 5.78. The second kappa shape index (κ2) is 19.8. The summed E-state index contributed by atoms with van der Waals surface area (Å²) in [6, 6.07) is 10.5. The summed E-state index contributed by atoms with van der Waals surface area (Å²) >= 11 is 0. The molecule has 6 heteroatoms. The molecule has 2 heterocycles. The molecular formula is C33H53NO5. The third-order valence-corrected chi connectivity index (χ3v) is 8.16. The van der Waals surface area contributed by atoms with Crippen molar-refractivity contribution in [3.05, 3.63) is 48.0 Å². The van der Waals surface area contributed by atoms with Gasteiger partial charge >= 0.3 is 11.9 Å². The van der Waals surface area contributed by atoms with Crippen LogP contribution in [-0.4, -0.2) is 58.9 Å². The predicted octanol–water partition coefficient (Wildman–Crippen LogP) is 7.26. The molecule has 0 saturated carbocycles. The average Bonchev–Trinajstić information content (AvgIpc) is 3.12. The number of hydrogen-bond donors (Lipinski definition) is 2. The number of aliphatic hydroxyl groups is 1. The Balaban J connectivity index is 0.000000278. The molecule has 2 aliphatic heterocycles. The molecule has 220 valence electrons. The number of aliphatic hydroxyl groups excluding tert-OH is 1. The number of carboxylic acids is 1. The molecule has 3 rings (SSSR count). The maximum atomic E-state index is 12.4. The van der Waals surface area contributed by atoms with E-state index in [9.17, 15) is 14.7 Å². The van der Waals surface area contributed by atoms with Gasteiger partial charge < -0.3 is 19.8 Å². The third-order valence-electron chi connectivity index (χ3n) is 8.16. The van der Waals surface area contributed by atoms with Gasteiger partial charge in [0, 0.05) is 18.5 Å². The smallest absolute Gasteiger partial charge is 0.316 e. The van der Waals surface area contributed by atoms with Gasteiger partial charge in [-0.2, -0.15) is 0 Å². The Kier molecular flexibility index (Phi) is 16.8. The molecule has 0 aliphatic carbocycles. The van der Waals surface area contributed by atoms with Gasteiger partial charge in [0.15, 0.2) is 0 Å². The molecule has 6 nitrogen and oxygen atoms in total. The molecule has 0 radical (unpaired) electrons. The Bertz CT molecular complexity index is 813. The van der Waals surface area contributed by atoms with E-state index < -0.39 is 11.9 Å². The van der Waals surface area contributed by atoms with E-state index in [1.807, 2.05) is 30.3 Å². The van der Waals surface area contributed by atoms with Crippen LogP contribution in [0.1, 0.15) is 121 Å². The van der Waals surface area contributed by atoms with Gasteiger partial charge in [-0.1, -0.05) is 87.9 Å². The Hall–Kier alpha value is -2.18. The highest BCUT2D eigenvalue weighted by Crippen LogP contribution is 2.36. The minimum absolute atomic E-state index is 0.00367. The van der Waals surface area contributed by atoms with E-state index in [-0.39, 0.29) is 18.7 Å². The molecule has 2 bridgehead atoms. The lowest BCUT2D eigenvalue weighted by atomic mass is 9.98. The lowest BCUT2D eigenvalue weighted by molar-refractivity contribution is -0.155. The third kappa shape index (κ3) is 13.1. The number of piperidine rings is 1. The van der Waals surface area contributed by atoms with Gasteiger partial charge in [0.25, 0.3) is 0 Å². The molecule has 2 saturated heterocycles. The van der Waals surface area contributed by atoms with Crippen LogP contribution in [0.3, 0.4) is 0 Å². The molecule has 2 aliphatic rings. The zero-order valence-corrected chi connectivity index (χ0v) is 24.4. The van der Waals surface area contributed by atoms with Crippen molar-refractivity contribution in [1.82, 2.24) is 4.90 Å². The van der Waals surface area contributed by atoms with E-state index in [0.29, 0.717) is 18.5 Å². The topological polar surface area (TPSA) is 87.1 Å². The van der Waals surface area contributed by atoms with Crippen LogP contribution >= 0.6 is 0 Å². The minimum Gasteiger partial charge on any atom is -0.481 e. The SMILES string of the molecule is CCCCCC/C=C\CCCCCCCC(=O)O.CN1C2CCC1CC(OC(=O)C(CO)c1ccccc1)C2. The van der Waals surface area contributed by atoms with Crippen LogP contribution in [0.4, 0.5) is 0 Å². The van der Waals surface area contributed by atoms with Gasteiger partial charge in [0.05, 0.1) is 6.61 Å². The van der Waals surface area contributed by atoms with E-state index >= 15 is 0 Å². The largest absolute Gasteiger partial charge is 0.481 e. The molecule has 0 aromatic heterocycles. The quantitative estimate of drug-likeness (QED) is 0.122.